The molecule has 0 saturated heterocycles. The highest BCUT2D eigenvalue weighted by Gasteiger charge is 2.45. The minimum Gasteiger partial charge on any atom is -0.245 e. The summed E-state index contributed by atoms with van der Waals surface area (Å²) in [6.07, 6.45) is 0. The van der Waals surface area contributed by atoms with Crippen LogP contribution in [-0.2, 0) is 5.41 Å². The Morgan fingerprint density at radius 3 is 2.50 bits per heavy atom. The molecular formula is C20H22BrNS2. The zero-order valence-corrected chi connectivity index (χ0v) is 17.5. The Hall–Kier alpha value is -0.710. The summed E-state index contributed by atoms with van der Waals surface area (Å²) in [4.78, 5) is 5.08. The van der Waals surface area contributed by atoms with Crippen LogP contribution < -0.4 is 0 Å². The van der Waals surface area contributed by atoms with Crippen molar-refractivity contribution in [2.75, 3.05) is 11.5 Å². The molecule has 0 saturated carbocycles. The fourth-order valence-corrected chi connectivity index (χ4v) is 6.00. The van der Waals surface area contributed by atoms with Crippen molar-refractivity contribution in [3.05, 3.63) is 64.1 Å². The molecule has 1 heterocycles. The van der Waals surface area contributed by atoms with Crippen LogP contribution in [0, 0.1) is 0 Å². The summed E-state index contributed by atoms with van der Waals surface area (Å²) in [6, 6.07) is 17.3. The van der Waals surface area contributed by atoms with E-state index in [9.17, 15) is 0 Å². The van der Waals surface area contributed by atoms with Gasteiger partial charge in [-0.25, -0.2) is 4.99 Å². The lowest BCUT2D eigenvalue weighted by atomic mass is 9.75. The first-order chi connectivity index (χ1) is 11.6. The molecular weight excluding hydrogens is 398 g/mol. The number of thioether (sulfide) groups is 2. The summed E-state index contributed by atoms with van der Waals surface area (Å²) in [5, 5.41) is 1.60. The normalized spacial score (nSPS) is 22.8. The predicted molar refractivity (Wildman–Crippen MR) is 114 cm³/mol. The Morgan fingerprint density at radius 1 is 1.08 bits per heavy atom. The third-order valence-corrected chi connectivity index (χ3v) is 7.41. The van der Waals surface area contributed by atoms with E-state index in [1.807, 2.05) is 23.5 Å². The van der Waals surface area contributed by atoms with Gasteiger partial charge in [-0.05, 0) is 47.8 Å². The molecule has 1 nitrogen and oxygen atoms in total. The molecule has 2 aromatic carbocycles. The van der Waals surface area contributed by atoms with E-state index in [1.165, 1.54) is 16.2 Å². The van der Waals surface area contributed by atoms with Gasteiger partial charge < -0.3 is 0 Å². The van der Waals surface area contributed by atoms with Crippen molar-refractivity contribution in [2.24, 2.45) is 4.99 Å². The molecule has 0 bridgehead atoms. The van der Waals surface area contributed by atoms with Gasteiger partial charge in [0.05, 0.1) is 16.1 Å². The fourth-order valence-electron chi connectivity index (χ4n) is 3.29. The molecule has 0 fully saturated rings. The van der Waals surface area contributed by atoms with Gasteiger partial charge in [-0.2, -0.15) is 11.8 Å². The van der Waals surface area contributed by atoms with Gasteiger partial charge in [0.15, 0.2) is 0 Å². The van der Waals surface area contributed by atoms with Crippen LogP contribution in [0.25, 0.3) is 0 Å². The first-order valence-corrected chi connectivity index (χ1v) is 11.1. The van der Waals surface area contributed by atoms with Crippen molar-refractivity contribution in [3.63, 3.8) is 0 Å². The molecule has 0 radical (unpaired) electrons. The van der Waals surface area contributed by atoms with Crippen LogP contribution in [0.5, 0.6) is 0 Å². The van der Waals surface area contributed by atoms with Gasteiger partial charge in [0, 0.05) is 9.72 Å². The van der Waals surface area contributed by atoms with Crippen molar-refractivity contribution in [2.45, 2.75) is 31.4 Å². The Morgan fingerprint density at radius 2 is 1.83 bits per heavy atom. The van der Waals surface area contributed by atoms with Crippen LogP contribution in [0.15, 0.2) is 58.0 Å². The van der Waals surface area contributed by atoms with Gasteiger partial charge in [-0.1, -0.05) is 60.1 Å². The van der Waals surface area contributed by atoms with Gasteiger partial charge in [0.2, 0.25) is 0 Å². The molecule has 2 atom stereocenters. The van der Waals surface area contributed by atoms with E-state index in [1.54, 1.807) is 0 Å². The maximum absolute atomic E-state index is 5.08. The van der Waals surface area contributed by atoms with Crippen LogP contribution in [0.3, 0.4) is 0 Å². The summed E-state index contributed by atoms with van der Waals surface area (Å²) >= 11 is 7.54. The largest absolute Gasteiger partial charge is 0.245 e. The average Bonchev–Trinajstić information content (AvgIpc) is 2.60. The Balaban J connectivity index is 2.24. The Labute approximate surface area is 161 Å². The number of nitrogens with zero attached hydrogens (tertiary/aromatic N) is 1. The van der Waals surface area contributed by atoms with Gasteiger partial charge in [0.1, 0.15) is 0 Å². The molecule has 0 aliphatic carbocycles. The summed E-state index contributed by atoms with van der Waals surface area (Å²) in [5.41, 5.74) is 3.70. The lowest BCUT2D eigenvalue weighted by molar-refractivity contribution is 0.619. The van der Waals surface area contributed by atoms with Gasteiger partial charge in [-0.3, -0.25) is 0 Å². The van der Waals surface area contributed by atoms with Crippen molar-refractivity contribution in [1.82, 2.24) is 0 Å². The van der Waals surface area contributed by atoms with Crippen molar-refractivity contribution in [3.8, 4) is 0 Å². The SMILES string of the molecule is CCSC1=Nc2ccc(Br)cc2[C@@H](SCC)[C@@]1(C)c1ccccc1. The number of hydrogen-bond acceptors (Lipinski definition) is 3. The van der Waals surface area contributed by atoms with E-state index in [2.05, 4.69) is 85.2 Å². The van der Waals surface area contributed by atoms with Crippen LogP contribution >= 0.6 is 39.5 Å². The predicted octanol–water partition coefficient (Wildman–Crippen LogP) is 7.00. The quantitative estimate of drug-likeness (QED) is 0.528. The number of halogens is 1. The van der Waals surface area contributed by atoms with E-state index in [0.29, 0.717) is 5.25 Å². The van der Waals surface area contributed by atoms with Crippen molar-refractivity contribution >= 4 is 50.2 Å². The minimum atomic E-state index is -0.101. The second-order valence-electron chi connectivity index (χ2n) is 5.96. The van der Waals surface area contributed by atoms with Gasteiger partial charge >= 0.3 is 0 Å². The highest BCUT2D eigenvalue weighted by Crippen LogP contribution is 2.55. The fraction of sp³-hybridized carbons (Fsp3) is 0.350. The van der Waals surface area contributed by atoms with E-state index in [0.717, 1.165) is 21.7 Å². The summed E-state index contributed by atoms with van der Waals surface area (Å²) in [6.45, 7) is 6.81. The average molecular weight is 420 g/mol. The lowest BCUT2D eigenvalue weighted by Gasteiger charge is -2.42. The lowest BCUT2D eigenvalue weighted by Crippen LogP contribution is -2.38. The van der Waals surface area contributed by atoms with Crippen LogP contribution in [0.4, 0.5) is 5.69 Å². The zero-order chi connectivity index (χ0) is 17.2. The topological polar surface area (TPSA) is 12.4 Å². The van der Waals surface area contributed by atoms with E-state index >= 15 is 0 Å². The number of aliphatic imine (C=N–C) groups is 1. The summed E-state index contributed by atoms with van der Waals surface area (Å²) < 4.78 is 1.13. The van der Waals surface area contributed by atoms with E-state index in [-0.39, 0.29) is 5.41 Å². The molecule has 0 N–H and O–H groups in total. The molecule has 0 unspecified atom stereocenters. The number of benzene rings is 2. The summed E-state index contributed by atoms with van der Waals surface area (Å²) in [7, 11) is 0. The number of hydrogen-bond donors (Lipinski definition) is 0. The number of rotatable bonds is 4. The smallest absolute Gasteiger partial charge is 0.0856 e. The van der Waals surface area contributed by atoms with Crippen molar-refractivity contribution in [1.29, 1.82) is 0 Å². The minimum absolute atomic E-state index is 0.101. The number of fused-ring (bicyclic) bond motifs is 1. The Bertz CT molecular complexity index is 745. The molecule has 126 valence electrons. The molecule has 3 rings (SSSR count). The first kappa shape index (κ1) is 18.1. The third-order valence-electron chi connectivity index (χ3n) is 4.45. The highest BCUT2D eigenvalue weighted by molar-refractivity contribution is 9.10. The third kappa shape index (κ3) is 3.21. The van der Waals surface area contributed by atoms with Crippen LogP contribution in [0.2, 0.25) is 0 Å². The standard InChI is InChI=1S/C20H22BrNS2/c1-4-23-18-16-13-15(21)11-12-17(16)22-19(24-5-2)20(18,3)14-9-7-6-8-10-14/h6-13,18H,4-5H2,1-3H3/t18-,20-/m1/s1. The molecule has 1 aliphatic rings. The monoisotopic (exact) mass is 419 g/mol. The summed E-state index contributed by atoms with van der Waals surface area (Å²) in [5.74, 6) is 2.12. The molecule has 0 spiro atoms. The molecule has 0 aromatic heterocycles. The zero-order valence-electron chi connectivity index (χ0n) is 14.3. The second-order valence-corrected chi connectivity index (χ2v) is 9.51. The molecule has 24 heavy (non-hydrogen) atoms. The highest BCUT2D eigenvalue weighted by atomic mass is 79.9. The van der Waals surface area contributed by atoms with Crippen LogP contribution in [0.1, 0.15) is 37.1 Å². The van der Waals surface area contributed by atoms with Gasteiger partial charge in [0.25, 0.3) is 0 Å². The van der Waals surface area contributed by atoms with Gasteiger partial charge in [-0.15, -0.1) is 11.8 Å². The van der Waals surface area contributed by atoms with E-state index in [4.69, 9.17) is 4.99 Å². The maximum Gasteiger partial charge on any atom is 0.0856 e. The maximum atomic E-state index is 5.08. The van der Waals surface area contributed by atoms with Crippen LogP contribution in [-0.4, -0.2) is 16.5 Å². The second kappa shape index (κ2) is 7.67. The van der Waals surface area contributed by atoms with E-state index < -0.39 is 0 Å². The molecule has 1 aliphatic heterocycles. The first-order valence-electron chi connectivity index (χ1n) is 8.29. The Kier molecular flexibility index (Phi) is 5.78. The molecule has 4 heteroatoms. The molecule has 0 amide bonds. The molecule has 2 aromatic rings. The van der Waals surface area contributed by atoms with Crippen molar-refractivity contribution < 1.29 is 0 Å².